The van der Waals surface area contributed by atoms with E-state index in [-0.39, 0.29) is 23.2 Å². The summed E-state index contributed by atoms with van der Waals surface area (Å²) in [5, 5.41) is 4.94. The highest BCUT2D eigenvalue weighted by Gasteiger charge is 2.27. The van der Waals surface area contributed by atoms with E-state index in [0.29, 0.717) is 0 Å². The predicted molar refractivity (Wildman–Crippen MR) is 65.5 cm³/mol. The quantitative estimate of drug-likeness (QED) is 0.810. The van der Waals surface area contributed by atoms with E-state index in [2.05, 4.69) is 15.9 Å². The van der Waals surface area contributed by atoms with Crippen molar-refractivity contribution in [1.29, 1.82) is 0 Å². The molecule has 0 atom stereocenters. The molecule has 19 heavy (non-hydrogen) atoms. The monoisotopic (exact) mass is 353 g/mol. The summed E-state index contributed by atoms with van der Waals surface area (Å²) in [6.45, 7) is 0.529. The Morgan fingerprint density at radius 1 is 1.47 bits per heavy atom. The second-order valence-corrected chi connectivity index (χ2v) is 6.20. The lowest BCUT2D eigenvalue weighted by Crippen LogP contribution is -2.37. The van der Waals surface area contributed by atoms with E-state index in [1.165, 1.54) is 0 Å². The Morgan fingerprint density at radius 3 is 2.58 bits per heavy atom. The van der Waals surface area contributed by atoms with Crippen molar-refractivity contribution in [2.24, 2.45) is 5.14 Å². The molecule has 1 saturated heterocycles. The van der Waals surface area contributed by atoms with E-state index in [4.69, 9.17) is 14.6 Å². The molecule has 6 nitrogen and oxygen atoms in total. The molecule has 104 valence electrons. The van der Waals surface area contributed by atoms with Gasteiger partial charge in [0.15, 0.2) is 0 Å². The first kappa shape index (κ1) is 14.4. The van der Waals surface area contributed by atoms with Crippen molar-refractivity contribution >= 4 is 31.9 Å². The maximum Gasteiger partial charge on any atom is 0.339 e. The van der Waals surface area contributed by atoms with Crippen molar-refractivity contribution in [2.45, 2.75) is 11.0 Å². The molecule has 9 heteroatoms. The molecule has 0 radical (unpaired) electrons. The number of ether oxygens (including phenoxy) is 2. The molecule has 1 aliphatic rings. The molecule has 0 spiro atoms. The fraction of sp³-hybridized carbons (Fsp3) is 0.300. The SMILES string of the molecule is NS(=O)(=O)c1cc(F)cc(C(=O)OC2COC2)c1Br. The number of primary sulfonamides is 1. The van der Waals surface area contributed by atoms with Gasteiger partial charge in [0.1, 0.15) is 11.9 Å². The van der Waals surface area contributed by atoms with Crippen LogP contribution in [0.2, 0.25) is 0 Å². The fourth-order valence-electron chi connectivity index (χ4n) is 1.42. The number of rotatable bonds is 3. The number of sulfonamides is 1. The Hall–Kier alpha value is -1.03. The van der Waals surface area contributed by atoms with E-state index in [1.807, 2.05) is 0 Å². The summed E-state index contributed by atoms with van der Waals surface area (Å²) in [4.78, 5) is 11.3. The van der Waals surface area contributed by atoms with Crippen LogP contribution in [0.4, 0.5) is 4.39 Å². The van der Waals surface area contributed by atoms with Crippen LogP contribution >= 0.6 is 15.9 Å². The Balaban J connectivity index is 2.39. The highest BCUT2D eigenvalue weighted by Crippen LogP contribution is 2.27. The first-order valence-corrected chi connectivity index (χ1v) is 7.43. The zero-order valence-corrected chi connectivity index (χ0v) is 11.8. The molecule has 0 aliphatic carbocycles. The predicted octanol–water partition coefficient (Wildman–Crippen LogP) is 0.791. The average Bonchev–Trinajstić information content (AvgIpc) is 2.24. The van der Waals surface area contributed by atoms with Crippen LogP contribution in [0.5, 0.6) is 0 Å². The van der Waals surface area contributed by atoms with Crippen LogP contribution in [0.15, 0.2) is 21.5 Å². The molecule has 1 fully saturated rings. The van der Waals surface area contributed by atoms with Crippen LogP contribution in [0.1, 0.15) is 10.4 Å². The van der Waals surface area contributed by atoms with Crippen LogP contribution in [0, 0.1) is 5.82 Å². The number of halogens is 2. The van der Waals surface area contributed by atoms with Gasteiger partial charge in [-0.25, -0.2) is 22.7 Å². The van der Waals surface area contributed by atoms with E-state index in [1.54, 1.807) is 0 Å². The van der Waals surface area contributed by atoms with E-state index in [9.17, 15) is 17.6 Å². The van der Waals surface area contributed by atoms with Crippen LogP contribution in [0.3, 0.4) is 0 Å². The molecule has 0 saturated carbocycles. The highest BCUT2D eigenvalue weighted by atomic mass is 79.9. The van der Waals surface area contributed by atoms with Crippen LogP contribution in [-0.4, -0.2) is 33.7 Å². The summed E-state index contributed by atoms with van der Waals surface area (Å²) < 4.78 is 45.6. The van der Waals surface area contributed by atoms with Gasteiger partial charge in [-0.2, -0.15) is 0 Å². The van der Waals surface area contributed by atoms with Crippen LogP contribution < -0.4 is 5.14 Å². The minimum absolute atomic E-state index is 0.123. The molecule has 2 rings (SSSR count). The number of esters is 1. The summed E-state index contributed by atoms with van der Waals surface area (Å²) in [6, 6.07) is 1.60. The zero-order valence-electron chi connectivity index (χ0n) is 9.43. The summed E-state index contributed by atoms with van der Waals surface area (Å²) in [7, 11) is -4.15. The van der Waals surface area contributed by atoms with E-state index in [0.717, 1.165) is 12.1 Å². The largest absolute Gasteiger partial charge is 0.454 e. The number of carbonyl (C=O) groups excluding carboxylic acids is 1. The second kappa shape index (κ2) is 5.16. The van der Waals surface area contributed by atoms with Crippen molar-refractivity contribution in [3.8, 4) is 0 Å². The summed E-state index contributed by atoms with van der Waals surface area (Å²) in [5.74, 6) is -1.74. The first-order chi connectivity index (χ1) is 8.79. The normalized spacial score (nSPS) is 15.9. The first-order valence-electron chi connectivity index (χ1n) is 5.09. The summed E-state index contributed by atoms with van der Waals surface area (Å²) >= 11 is 2.92. The van der Waals surface area contributed by atoms with E-state index < -0.39 is 32.8 Å². The molecule has 1 aromatic rings. The van der Waals surface area contributed by atoms with Gasteiger partial charge < -0.3 is 9.47 Å². The molecule has 2 N–H and O–H groups in total. The highest BCUT2D eigenvalue weighted by molar-refractivity contribution is 9.10. The topological polar surface area (TPSA) is 95.7 Å². The minimum atomic E-state index is -4.15. The van der Waals surface area contributed by atoms with Gasteiger partial charge >= 0.3 is 5.97 Å². The Kier molecular flexibility index (Phi) is 3.90. The molecular formula is C10H9BrFNO5S. The van der Waals surface area contributed by atoms with Gasteiger partial charge in [0.25, 0.3) is 0 Å². The third-order valence-electron chi connectivity index (χ3n) is 2.41. The smallest absolute Gasteiger partial charge is 0.339 e. The van der Waals surface area contributed by atoms with E-state index >= 15 is 0 Å². The number of hydrogen-bond donors (Lipinski definition) is 1. The van der Waals surface area contributed by atoms with Gasteiger partial charge in [-0.3, -0.25) is 0 Å². The maximum atomic E-state index is 13.4. The number of carbonyl (C=O) groups is 1. The van der Waals surface area contributed by atoms with Crippen molar-refractivity contribution in [2.75, 3.05) is 13.2 Å². The molecule has 1 aromatic carbocycles. The third-order valence-corrected chi connectivity index (χ3v) is 4.46. The molecule has 0 amide bonds. The fourth-order valence-corrected chi connectivity index (χ4v) is 3.12. The summed E-state index contributed by atoms with van der Waals surface area (Å²) in [6.07, 6.45) is -0.402. The van der Waals surface area contributed by atoms with Gasteiger partial charge in [0.05, 0.1) is 28.1 Å². The average molecular weight is 354 g/mol. The standard InChI is InChI=1S/C10H9BrFNO5S/c11-9-7(10(14)18-6-3-17-4-6)1-5(12)2-8(9)19(13,15)16/h1-2,6H,3-4H2,(H2,13,15,16). The van der Waals surface area contributed by atoms with Crippen LogP contribution in [0.25, 0.3) is 0 Å². The second-order valence-electron chi connectivity index (χ2n) is 3.88. The zero-order chi connectivity index (χ0) is 14.2. The van der Waals surface area contributed by atoms with Gasteiger partial charge in [-0.05, 0) is 28.1 Å². The molecule has 1 aliphatic heterocycles. The van der Waals surface area contributed by atoms with Gasteiger partial charge in [0, 0.05) is 0 Å². The lowest BCUT2D eigenvalue weighted by molar-refractivity contribution is -0.103. The van der Waals surface area contributed by atoms with Crippen molar-refractivity contribution in [3.05, 3.63) is 28.0 Å². The maximum absolute atomic E-state index is 13.4. The number of nitrogens with two attached hydrogens (primary N) is 1. The third kappa shape index (κ3) is 3.11. The Bertz CT molecular complexity index is 629. The van der Waals surface area contributed by atoms with Crippen LogP contribution in [-0.2, 0) is 19.5 Å². The molecule has 0 aromatic heterocycles. The minimum Gasteiger partial charge on any atom is -0.454 e. The van der Waals surface area contributed by atoms with Crippen molar-refractivity contribution < 1.29 is 27.1 Å². The summed E-state index contributed by atoms with van der Waals surface area (Å²) in [5.41, 5.74) is -0.240. The Morgan fingerprint density at radius 2 is 2.11 bits per heavy atom. The van der Waals surface area contributed by atoms with Gasteiger partial charge in [0.2, 0.25) is 10.0 Å². The lowest BCUT2D eigenvalue weighted by Gasteiger charge is -2.25. The van der Waals surface area contributed by atoms with Gasteiger partial charge in [-0.1, -0.05) is 0 Å². The molecule has 0 bridgehead atoms. The lowest BCUT2D eigenvalue weighted by atomic mass is 10.2. The molecule has 0 unspecified atom stereocenters. The Labute approximate surface area is 116 Å². The van der Waals surface area contributed by atoms with Crippen molar-refractivity contribution in [1.82, 2.24) is 0 Å². The molecular weight excluding hydrogens is 345 g/mol. The number of hydrogen-bond acceptors (Lipinski definition) is 5. The van der Waals surface area contributed by atoms with Gasteiger partial charge in [-0.15, -0.1) is 0 Å². The number of benzene rings is 1. The van der Waals surface area contributed by atoms with Crippen molar-refractivity contribution in [3.63, 3.8) is 0 Å². The molecule has 1 heterocycles.